The van der Waals surface area contributed by atoms with Gasteiger partial charge in [0, 0.05) is 25.8 Å². The molecular formula is C21H19FN4O2. The lowest BCUT2D eigenvalue weighted by Gasteiger charge is -2.02. The topological polar surface area (TPSA) is 83.8 Å². The molecule has 0 saturated carbocycles. The van der Waals surface area contributed by atoms with Gasteiger partial charge in [-0.05, 0) is 24.3 Å². The number of aromatic nitrogens is 3. The van der Waals surface area contributed by atoms with E-state index >= 15 is 0 Å². The van der Waals surface area contributed by atoms with E-state index in [0.29, 0.717) is 36.6 Å². The van der Waals surface area contributed by atoms with Crippen molar-refractivity contribution in [2.24, 2.45) is 0 Å². The fraction of sp³-hybridized carbons (Fsp3) is 0.190. The molecular weight excluding hydrogens is 359 g/mol. The summed E-state index contributed by atoms with van der Waals surface area (Å²) in [5, 5.41) is 2.86. The van der Waals surface area contributed by atoms with E-state index in [1.54, 1.807) is 18.2 Å². The lowest BCUT2D eigenvalue weighted by molar-refractivity contribution is -0.121. The molecule has 4 aromatic rings. The summed E-state index contributed by atoms with van der Waals surface area (Å²) in [6, 6.07) is 14.1. The van der Waals surface area contributed by atoms with Crippen LogP contribution in [0.5, 0.6) is 0 Å². The molecule has 2 N–H and O–H groups in total. The van der Waals surface area contributed by atoms with Crippen molar-refractivity contribution in [3.05, 3.63) is 72.3 Å². The van der Waals surface area contributed by atoms with Crippen molar-refractivity contribution in [2.45, 2.75) is 19.3 Å². The zero-order valence-electron chi connectivity index (χ0n) is 15.1. The minimum Gasteiger partial charge on any atom is -0.441 e. The number of H-pyrrole nitrogens is 1. The standard InChI is InChI=1S/C21H19FN4O2/c22-15-6-2-1-5-14(15)18-13-24-21(28-18)10-9-20(27)23-12-11-19-25-16-7-3-4-8-17(16)26-19/h1-8,13H,9-12H2,(H,23,27)(H,25,26). The van der Waals surface area contributed by atoms with Gasteiger partial charge in [-0.2, -0.15) is 0 Å². The van der Waals surface area contributed by atoms with Gasteiger partial charge in [0.1, 0.15) is 11.6 Å². The van der Waals surface area contributed by atoms with Crippen molar-refractivity contribution in [1.82, 2.24) is 20.3 Å². The summed E-state index contributed by atoms with van der Waals surface area (Å²) in [6.07, 6.45) is 2.70. The third-order valence-electron chi connectivity index (χ3n) is 4.38. The Morgan fingerprint density at radius 1 is 1.11 bits per heavy atom. The minimum absolute atomic E-state index is 0.0956. The first-order valence-corrected chi connectivity index (χ1v) is 9.09. The Balaban J connectivity index is 1.25. The molecule has 0 radical (unpaired) electrons. The Labute approximate surface area is 160 Å². The van der Waals surface area contributed by atoms with Crippen molar-refractivity contribution in [1.29, 1.82) is 0 Å². The van der Waals surface area contributed by atoms with Gasteiger partial charge in [-0.15, -0.1) is 0 Å². The number of imidazole rings is 1. The summed E-state index contributed by atoms with van der Waals surface area (Å²) in [7, 11) is 0. The number of aromatic amines is 1. The van der Waals surface area contributed by atoms with Crippen LogP contribution >= 0.6 is 0 Å². The number of rotatable bonds is 7. The molecule has 7 heteroatoms. The van der Waals surface area contributed by atoms with Gasteiger partial charge < -0.3 is 14.7 Å². The van der Waals surface area contributed by atoms with E-state index in [1.807, 2.05) is 24.3 Å². The first kappa shape index (κ1) is 17.9. The van der Waals surface area contributed by atoms with E-state index in [-0.39, 0.29) is 18.1 Å². The molecule has 4 rings (SSSR count). The monoisotopic (exact) mass is 378 g/mol. The number of fused-ring (bicyclic) bond motifs is 1. The first-order valence-electron chi connectivity index (χ1n) is 9.09. The number of aryl methyl sites for hydroxylation is 1. The summed E-state index contributed by atoms with van der Waals surface area (Å²) in [4.78, 5) is 23.9. The van der Waals surface area contributed by atoms with E-state index in [9.17, 15) is 9.18 Å². The second-order valence-corrected chi connectivity index (χ2v) is 6.40. The van der Waals surface area contributed by atoms with E-state index in [1.165, 1.54) is 12.3 Å². The van der Waals surface area contributed by atoms with Crippen molar-refractivity contribution in [2.75, 3.05) is 6.54 Å². The molecule has 0 aliphatic heterocycles. The largest absolute Gasteiger partial charge is 0.441 e. The average Bonchev–Trinajstić information content (AvgIpc) is 3.33. The Hall–Kier alpha value is -3.48. The molecule has 2 heterocycles. The third-order valence-corrected chi connectivity index (χ3v) is 4.38. The minimum atomic E-state index is -0.367. The molecule has 1 amide bonds. The second kappa shape index (κ2) is 8.04. The number of oxazole rings is 1. The SMILES string of the molecule is O=C(CCc1ncc(-c2ccccc2F)o1)NCCc1nc2ccccc2[nH]1. The Bertz CT molecular complexity index is 1070. The van der Waals surface area contributed by atoms with Gasteiger partial charge in [0.15, 0.2) is 11.7 Å². The number of amides is 1. The van der Waals surface area contributed by atoms with Crippen molar-refractivity contribution in [3.8, 4) is 11.3 Å². The quantitative estimate of drug-likeness (QED) is 0.514. The average molecular weight is 378 g/mol. The molecule has 6 nitrogen and oxygen atoms in total. The molecule has 0 fully saturated rings. The van der Waals surface area contributed by atoms with Crippen LogP contribution in [0.4, 0.5) is 4.39 Å². The van der Waals surface area contributed by atoms with Crippen LogP contribution in [0.3, 0.4) is 0 Å². The number of hydrogen-bond donors (Lipinski definition) is 2. The lowest BCUT2D eigenvalue weighted by Crippen LogP contribution is -2.26. The van der Waals surface area contributed by atoms with Crippen LogP contribution in [-0.4, -0.2) is 27.4 Å². The van der Waals surface area contributed by atoms with Gasteiger partial charge >= 0.3 is 0 Å². The van der Waals surface area contributed by atoms with E-state index < -0.39 is 0 Å². The molecule has 2 aromatic carbocycles. The maximum Gasteiger partial charge on any atom is 0.220 e. The maximum absolute atomic E-state index is 13.8. The summed E-state index contributed by atoms with van der Waals surface area (Å²) in [6.45, 7) is 0.491. The van der Waals surface area contributed by atoms with Crippen LogP contribution in [0.15, 0.2) is 59.1 Å². The van der Waals surface area contributed by atoms with Gasteiger partial charge in [0.25, 0.3) is 0 Å². The van der Waals surface area contributed by atoms with Crippen LogP contribution < -0.4 is 5.32 Å². The van der Waals surface area contributed by atoms with Crippen molar-refractivity contribution >= 4 is 16.9 Å². The number of nitrogens with one attached hydrogen (secondary N) is 2. The molecule has 28 heavy (non-hydrogen) atoms. The molecule has 0 atom stereocenters. The molecule has 0 spiro atoms. The highest BCUT2D eigenvalue weighted by Gasteiger charge is 2.12. The molecule has 0 bridgehead atoms. The Kier molecular flexibility index (Phi) is 5.14. The van der Waals surface area contributed by atoms with E-state index in [2.05, 4.69) is 20.3 Å². The molecule has 2 aromatic heterocycles. The van der Waals surface area contributed by atoms with E-state index in [4.69, 9.17) is 4.42 Å². The van der Waals surface area contributed by atoms with Crippen LogP contribution in [0.25, 0.3) is 22.4 Å². The number of carbonyl (C=O) groups is 1. The molecule has 0 aliphatic carbocycles. The highest BCUT2D eigenvalue weighted by molar-refractivity contribution is 5.76. The van der Waals surface area contributed by atoms with Gasteiger partial charge in [0.05, 0.1) is 22.8 Å². The smallest absolute Gasteiger partial charge is 0.220 e. The number of halogens is 1. The fourth-order valence-corrected chi connectivity index (χ4v) is 2.96. The predicted octanol–water partition coefficient (Wildman–Crippen LogP) is 3.65. The lowest BCUT2D eigenvalue weighted by atomic mass is 10.2. The van der Waals surface area contributed by atoms with Gasteiger partial charge in [-0.25, -0.2) is 14.4 Å². The highest BCUT2D eigenvalue weighted by Crippen LogP contribution is 2.23. The number of para-hydroxylation sites is 2. The summed E-state index contributed by atoms with van der Waals surface area (Å²) in [5.41, 5.74) is 2.26. The molecule has 142 valence electrons. The summed E-state index contributed by atoms with van der Waals surface area (Å²) >= 11 is 0. The molecule has 0 saturated heterocycles. The van der Waals surface area contributed by atoms with Crippen LogP contribution in [0, 0.1) is 5.82 Å². The van der Waals surface area contributed by atoms with Crippen molar-refractivity contribution < 1.29 is 13.6 Å². The highest BCUT2D eigenvalue weighted by atomic mass is 19.1. The fourth-order valence-electron chi connectivity index (χ4n) is 2.96. The van der Waals surface area contributed by atoms with Crippen LogP contribution in [-0.2, 0) is 17.6 Å². The summed E-state index contributed by atoms with van der Waals surface area (Å²) in [5.74, 6) is 1.14. The maximum atomic E-state index is 13.8. The van der Waals surface area contributed by atoms with Crippen molar-refractivity contribution in [3.63, 3.8) is 0 Å². The second-order valence-electron chi connectivity index (χ2n) is 6.40. The molecule has 0 aliphatic rings. The van der Waals surface area contributed by atoms with Gasteiger partial charge in [-0.1, -0.05) is 24.3 Å². The first-order chi connectivity index (χ1) is 13.7. The van der Waals surface area contributed by atoms with E-state index in [0.717, 1.165) is 16.9 Å². The number of hydrogen-bond acceptors (Lipinski definition) is 4. The van der Waals surface area contributed by atoms with Gasteiger partial charge in [-0.3, -0.25) is 4.79 Å². The number of nitrogens with zero attached hydrogens (tertiary/aromatic N) is 2. The third kappa shape index (κ3) is 4.09. The normalized spacial score (nSPS) is 11.0. The molecule has 0 unspecified atom stereocenters. The Morgan fingerprint density at radius 2 is 1.93 bits per heavy atom. The number of benzene rings is 2. The summed E-state index contributed by atoms with van der Waals surface area (Å²) < 4.78 is 19.3. The van der Waals surface area contributed by atoms with Gasteiger partial charge in [0.2, 0.25) is 5.91 Å². The Morgan fingerprint density at radius 3 is 2.79 bits per heavy atom. The van der Waals surface area contributed by atoms with Crippen LogP contribution in [0.1, 0.15) is 18.1 Å². The zero-order chi connectivity index (χ0) is 19.3. The number of carbonyl (C=O) groups excluding carboxylic acids is 1. The van der Waals surface area contributed by atoms with Crippen LogP contribution in [0.2, 0.25) is 0 Å². The predicted molar refractivity (Wildman–Crippen MR) is 103 cm³/mol. The zero-order valence-corrected chi connectivity index (χ0v) is 15.1.